The van der Waals surface area contributed by atoms with Gasteiger partial charge in [-0.25, -0.2) is 0 Å². The van der Waals surface area contributed by atoms with Crippen LogP contribution in [0.15, 0.2) is 28.4 Å². The predicted octanol–water partition coefficient (Wildman–Crippen LogP) is 5.75. The van der Waals surface area contributed by atoms with Gasteiger partial charge < -0.3 is 43.5 Å². The molecule has 14 heteroatoms. The first-order chi connectivity index (χ1) is 23.8. The molecular weight excluding hydrogens is 662 g/mol. The Labute approximate surface area is 301 Å². The standard InChI is InChI=1S/C36H55N5O8S/c1-24-15-32(9-10-34(24)39-40-36-33(16-37)31(8)35(17-38)50-36)41(11-13-44-20-27(4)48-22-29(6)46-18-25(2)42)12-14-45-21-28(5)49-23-30(7)47-19-26(3)43/h9-10,15,25-30,42-43H,11-14,18-23H2,1-8H3. The molecule has 6 atom stereocenters. The Morgan fingerprint density at radius 1 is 0.720 bits per heavy atom. The number of azo groups is 1. The van der Waals surface area contributed by atoms with E-state index in [1.807, 2.05) is 52.8 Å². The number of aryl methyl sites for hydroxylation is 1. The molecule has 1 aromatic carbocycles. The molecule has 1 aromatic heterocycles. The maximum absolute atomic E-state index is 9.55. The zero-order valence-corrected chi connectivity index (χ0v) is 31.6. The molecule has 2 rings (SSSR count). The van der Waals surface area contributed by atoms with Gasteiger partial charge in [0.15, 0.2) is 5.00 Å². The third-order valence-electron chi connectivity index (χ3n) is 7.33. The molecule has 2 aromatic rings. The van der Waals surface area contributed by atoms with Gasteiger partial charge in [0.2, 0.25) is 0 Å². The SMILES string of the molecule is Cc1cc(N(CCOCC(C)OCC(C)OCC(C)O)CCOCC(C)OCC(C)OCC(C)O)ccc1N=Nc1sc(C#N)c(C)c1C#N. The summed E-state index contributed by atoms with van der Waals surface area (Å²) >= 11 is 1.16. The zero-order chi connectivity index (χ0) is 37.1. The van der Waals surface area contributed by atoms with E-state index in [1.54, 1.807) is 20.8 Å². The van der Waals surface area contributed by atoms with Crippen LogP contribution in [-0.2, 0) is 28.4 Å². The Kier molecular flexibility index (Phi) is 20.2. The van der Waals surface area contributed by atoms with Gasteiger partial charge in [-0.2, -0.15) is 10.5 Å². The van der Waals surface area contributed by atoms with Gasteiger partial charge >= 0.3 is 0 Å². The third-order valence-corrected chi connectivity index (χ3v) is 8.41. The van der Waals surface area contributed by atoms with Gasteiger partial charge in [-0.15, -0.1) is 21.6 Å². The van der Waals surface area contributed by atoms with Crippen molar-refractivity contribution in [1.82, 2.24) is 0 Å². The fraction of sp³-hybridized carbons (Fsp3) is 0.667. The van der Waals surface area contributed by atoms with Crippen molar-refractivity contribution in [1.29, 1.82) is 10.5 Å². The second-order valence-electron chi connectivity index (χ2n) is 12.5. The van der Waals surface area contributed by atoms with Crippen LogP contribution in [0.25, 0.3) is 0 Å². The van der Waals surface area contributed by atoms with E-state index >= 15 is 0 Å². The smallest absolute Gasteiger partial charge is 0.158 e. The van der Waals surface area contributed by atoms with Crippen LogP contribution in [0.1, 0.15) is 63.1 Å². The molecule has 0 aliphatic rings. The highest BCUT2D eigenvalue weighted by atomic mass is 32.1. The first-order valence-electron chi connectivity index (χ1n) is 17.0. The van der Waals surface area contributed by atoms with E-state index in [4.69, 9.17) is 28.4 Å². The minimum Gasteiger partial charge on any atom is -0.391 e. The van der Waals surface area contributed by atoms with Crippen molar-refractivity contribution >= 4 is 27.7 Å². The molecule has 278 valence electrons. The van der Waals surface area contributed by atoms with Crippen molar-refractivity contribution in [3.63, 3.8) is 0 Å². The first kappa shape index (κ1) is 43.1. The fourth-order valence-corrected chi connectivity index (χ4v) is 5.35. The highest BCUT2D eigenvalue weighted by Crippen LogP contribution is 2.36. The van der Waals surface area contributed by atoms with Crippen molar-refractivity contribution in [2.75, 3.05) is 70.8 Å². The molecule has 0 radical (unpaired) electrons. The van der Waals surface area contributed by atoms with Crippen LogP contribution < -0.4 is 4.90 Å². The second kappa shape index (κ2) is 23.5. The van der Waals surface area contributed by atoms with Gasteiger partial charge in [-0.3, -0.25) is 0 Å². The summed E-state index contributed by atoms with van der Waals surface area (Å²) in [6.45, 7) is 19.1. The third kappa shape index (κ3) is 16.3. The lowest BCUT2D eigenvalue weighted by molar-refractivity contribution is -0.0702. The molecule has 0 aliphatic carbocycles. The number of hydrogen-bond donors (Lipinski definition) is 2. The van der Waals surface area contributed by atoms with E-state index in [0.29, 0.717) is 79.4 Å². The Morgan fingerprint density at radius 3 is 1.68 bits per heavy atom. The van der Waals surface area contributed by atoms with Crippen molar-refractivity contribution in [3.05, 3.63) is 39.8 Å². The molecule has 0 bridgehead atoms. The topological polar surface area (TPSA) is 171 Å². The molecule has 50 heavy (non-hydrogen) atoms. The maximum atomic E-state index is 9.55. The summed E-state index contributed by atoms with van der Waals surface area (Å²) in [6.07, 6.45) is -1.56. The van der Waals surface area contributed by atoms with E-state index in [-0.39, 0.29) is 37.6 Å². The van der Waals surface area contributed by atoms with Gasteiger partial charge in [0.05, 0.1) is 101 Å². The molecule has 0 amide bonds. The number of nitriles is 2. The number of hydrogen-bond acceptors (Lipinski definition) is 14. The van der Waals surface area contributed by atoms with Crippen molar-refractivity contribution < 1.29 is 38.6 Å². The van der Waals surface area contributed by atoms with E-state index < -0.39 is 12.2 Å². The Bertz CT molecular complexity index is 1350. The monoisotopic (exact) mass is 717 g/mol. The average Bonchev–Trinajstić information content (AvgIpc) is 3.40. The van der Waals surface area contributed by atoms with Gasteiger partial charge in [-0.1, -0.05) is 0 Å². The number of thiophene rings is 1. The highest BCUT2D eigenvalue weighted by Gasteiger charge is 2.16. The molecule has 0 saturated carbocycles. The lowest BCUT2D eigenvalue weighted by atomic mass is 10.1. The number of ether oxygens (including phenoxy) is 6. The molecule has 0 aliphatic heterocycles. The molecular formula is C36H55N5O8S. The van der Waals surface area contributed by atoms with Gasteiger partial charge in [0.25, 0.3) is 0 Å². The molecule has 1 heterocycles. The fourth-order valence-electron chi connectivity index (χ4n) is 4.47. The van der Waals surface area contributed by atoms with E-state index in [1.165, 1.54) is 0 Å². The van der Waals surface area contributed by atoms with Crippen LogP contribution in [0.5, 0.6) is 0 Å². The minimum atomic E-state index is -0.518. The molecule has 0 saturated heterocycles. The first-order valence-corrected chi connectivity index (χ1v) is 17.8. The summed E-state index contributed by atoms with van der Waals surface area (Å²) in [5.74, 6) is 0. The predicted molar refractivity (Wildman–Crippen MR) is 193 cm³/mol. The summed E-state index contributed by atoms with van der Waals surface area (Å²) in [6, 6.07) is 10.1. The summed E-state index contributed by atoms with van der Waals surface area (Å²) < 4.78 is 34.8. The Morgan fingerprint density at radius 2 is 1.22 bits per heavy atom. The van der Waals surface area contributed by atoms with E-state index in [0.717, 1.165) is 22.6 Å². The van der Waals surface area contributed by atoms with Crippen LogP contribution in [0, 0.1) is 36.5 Å². The van der Waals surface area contributed by atoms with E-state index in [2.05, 4.69) is 27.3 Å². The molecule has 0 fully saturated rings. The number of rotatable bonds is 25. The zero-order valence-electron chi connectivity index (χ0n) is 30.8. The molecule has 0 spiro atoms. The second-order valence-corrected chi connectivity index (χ2v) is 13.5. The van der Waals surface area contributed by atoms with Crippen LogP contribution in [0.4, 0.5) is 16.4 Å². The van der Waals surface area contributed by atoms with Crippen LogP contribution in [0.2, 0.25) is 0 Å². The number of aliphatic hydroxyl groups is 2. The lowest BCUT2D eigenvalue weighted by Crippen LogP contribution is -2.33. The van der Waals surface area contributed by atoms with E-state index in [9.17, 15) is 20.7 Å². The summed E-state index contributed by atoms with van der Waals surface area (Å²) in [7, 11) is 0. The Hall–Kier alpha value is -3.02. The summed E-state index contributed by atoms with van der Waals surface area (Å²) in [4.78, 5) is 2.63. The quantitative estimate of drug-likeness (QED) is 0.0947. The number of benzene rings is 1. The minimum absolute atomic E-state index is 0.129. The average molecular weight is 718 g/mol. The summed E-state index contributed by atoms with van der Waals surface area (Å²) in [5, 5.41) is 46.8. The van der Waals surface area contributed by atoms with Crippen molar-refractivity contribution in [2.24, 2.45) is 10.2 Å². The van der Waals surface area contributed by atoms with Gasteiger partial charge in [-0.05, 0) is 84.7 Å². The van der Waals surface area contributed by atoms with Crippen LogP contribution in [0.3, 0.4) is 0 Å². The van der Waals surface area contributed by atoms with Crippen molar-refractivity contribution in [3.8, 4) is 12.1 Å². The molecule has 2 N–H and O–H groups in total. The van der Waals surface area contributed by atoms with Gasteiger partial charge in [0, 0.05) is 18.8 Å². The van der Waals surface area contributed by atoms with Crippen LogP contribution in [-0.4, -0.2) is 113 Å². The largest absolute Gasteiger partial charge is 0.391 e. The molecule has 13 nitrogen and oxygen atoms in total. The summed E-state index contributed by atoms with van der Waals surface area (Å²) in [5.41, 5.74) is 3.51. The number of nitrogens with zero attached hydrogens (tertiary/aromatic N) is 5. The highest BCUT2D eigenvalue weighted by molar-refractivity contribution is 7.16. The normalized spacial score (nSPS) is 15.3. The lowest BCUT2D eigenvalue weighted by Gasteiger charge is -2.26. The number of aliphatic hydroxyl groups excluding tert-OH is 2. The van der Waals surface area contributed by atoms with Crippen molar-refractivity contribution in [2.45, 2.75) is 92.0 Å². The molecule has 6 unspecified atom stereocenters. The van der Waals surface area contributed by atoms with Crippen LogP contribution >= 0.6 is 11.3 Å². The number of anilines is 1. The maximum Gasteiger partial charge on any atom is 0.158 e. The van der Waals surface area contributed by atoms with Gasteiger partial charge in [0.1, 0.15) is 17.0 Å². The Balaban J connectivity index is 2.00.